The van der Waals surface area contributed by atoms with E-state index < -0.39 is 15.8 Å². The molecule has 0 atom stereocenters. The van der Waals surface area contributed by atoms with Gasteiger partial charge in [-0.25, -0.2) is 13.2 Å². The first-order chi connectivity index (χ1) is 11.6. The number of ether oxygens (including phenoxy) is 1. The smallest absolute Gasteiger partial charge is 0.338 e. The molecule has 25 heavy (non-hydrogen) atoms. The van der Waals surface area contributed by atoms with Gasteiger partial charge < -0.3 is 4.74 Å². The molecule has 2 aromatic carbocycles. The Kier molecular flexibility index (Phi) is 5.42. The number of carbonyl (C=O) groups excluding carboxylic acids is 2. The molecule has 0 fully saturated rings. The van der Waals surface area contributed by atoms with Crippen LogP contribution in [0.2, 0.25) is 0 Å². The summed E-state index contributed by atoms with van der Waals surface area (Å²) in [7, 11) is -3.33. The molecule has 0 heterocycles. The van der Waals surface area contributed by atoms with Crippen LogP contribution in [-0.4, -0.2) is 33.0 Å². The second-order valence-corrected chi connectivity index (χ2v) is 8.09. The molecule has 0 radical (unpaired) electrons. The van der Waals surface area contributed by atoms with E-state index in [-0.39, 0.29) is 22.8 Å². The van der Waals surface area contributed by atoms with Crippen molar-refractivity contribution in [3.05, 3.63) is 64.2 Å². The highest BCUT2D eigenvalue weighted by molar-refractivity contribution is 7.90. The van der Waals surface area contributed by atoms with Gasteiger partial charge in [-0.1, -0.05) is 17.7 Å². The quantitative estimate of drug-likeness (QED) is 0.605. The van der Waals surface area contributed by atoms with Crippen molar-refractivity contribution in [3.63, 3.8) is 0 Å². The Balaban J connectivity index is 2.09. The van der Waals surface area contributed by atoms with Gasteiger partial charge in [-0.15, -0.1) is 0 Å². The van der Waals surface area contributed by atoms with Crippen molar-refractivity contribution in [1.82, 2.24) is 0 Å². The molecule has 0 bridgehead atoms. The average molecular weight is 360 g/mol. The highest BCUT2D eigenvalue weighted by atomic mass is 32.2. The topological polar surface area (TPSA) is 77.5 Å². The highest BCUT2D eigenvalue weighted by Crippen LogP contribution is 2.17. The summed E-state index contributed by atoms with van der Waals surface area (Å²) in [5.41, 5.74) is 3.50. The second kappa shape index (κ2) is 7.19. The molecule has 0 saturated heterocycles. The number of aryl methyl sites for hydroxylation is 3. The summed E-state index contributed by atoms with van der Waals surface area (Å²) in [5, 5.41) is 0. The van der Waals surface area contributed by atoms with Gasteiger partial charge in [-0.2, -0.15) is 0 Å². The van der Waals surface area contributed by atoms with Crippen LogP contribution in [-0.2, 0) is 14.6 Å². The van der Waals surface area contributed by atoms with Gasteiger partial charge in [0.15, 0.2) is 16.4 Å². The second-order valence-electron chi connectivity index (χ2n) is 6.07. The zero-order valence-corrected chi connectivity index (χ0v) is 15.4. The third kappa shape index (κ3) is 4.54. The Morgan fingerprint density at radius 2 is 1.48 bits per heavy atom. The van der Waals surface area contributed by atoms with E-state index in [1.54, 1.807) is 0 Å². The molecule has 0 unspecified atom stereocenters. The summed E-state index contributed by atoms with van der Waals surface area (Å²) in [4.78, 5) is 24.5. The fourth-order valence-electron chi connectivity index (χ4n) is 2.74. The van der Waals surface area contributed by atoms with Crippen LogP contribution in [0.25, 0.3) is 0 Å². The normalized spacial score (nSPS) is 11.2. The zero-order valence-electron chi connectivity index (χ0n) is 14.6. The Morgan fingerprint density at radius 3 is 1.96 bits per heavy atom. The van der Waals surface area contributed by atoms with E-state index in [1.165, 1.54) is 24.3 Å². The molecule has 0 N–H and O–H groups in total. The lowest BCUT2D eigenvalue weighted by Crippen LogP contribution is -2.16. The van der Waals surface area contributed by atoms with Crippen LogP contribution in [0, 0.1) is 20.8 Å². The first-order valence-electron chi connectivity index (χ1n) is 7.68. The van der Waals surface area contributed by atoms with Crippen molar-refractivity contribution < 1.29 is 22.7 Å². The monoisotopic (exact) mass is 360 g/mol. The van der Waals surface area contributed by atoms with Crippen LogP contribution in [0.5, 0.6) is 0 Å². The summed E-state index contributed by atoms with van der Waals surface area (Å²) < 4.78 is 27.9. The highest BCUT2D eigenvalue weighted by Gasteiger charge is 2.16. The number of ketones is 1. The molecular formula is C19H20O5S. The number of benzene rings is 2. The standard InChI is InChI=1S/C19H20O5S/c1-12-9-13(2)18(14(3)10-12)17(20)11-24-19(21)15-5-7-16(8-6-15)25(4,22)23/h5-10H,11H2,1-4H3. The van der Waals surface area contributed by atoms with Crippen LogP contribution < -0.4 is 0 Å². The van der Waals surface area contributed by atoms with Gasteiger partial charge in [0.05, 0.1) is 10.5 Å². The van der Waals surface area contributed by atoms with Gasteiger partial charge in [0.1, 0.15) is 0 Å². The van der Waals surface area contributed by atoms with Crippen LogP contribution in [0.15, 0.2) is 41.3 Å². The van der Waals surface area contributed by atoms with E-state index >= 15 is 0 Å². The Bertz CT molecular complexity index is 902. The summed E-state index contributed by atoms with van der Waals surface area (Å²) in [6.45, 7) is 5.28. The zero-order chi connectivity index (χ0) is 18.8. The van der Waals surface area contributed by atoms with Gasteiger partial charge in [0, 0.05) is 11.8 Å². The van der Waals surface area contributed by atoms with E-state index in [4.69, 9.17) is 4.74 Å². The van der Waals surface area contributed by atoms with Crippen LogP contribution in [0.1, 0.15) is 37.4 Å². The van der Waals surface area contributed by atoms with Gasteiger partial charge >= 0.3 is 5.97 Å². The van der Waals surface area contributed by atoms with Gasteiger partial charge in [0.25, 0.3) is 0 Å². The molecule has 6 heteroatoms. The molecule has 132 valence electrons. The predicted octanol–water partition coefficient (Wildman–Crippen LogP) is 3.06. The summed E-state index contributed by atoms with van der Waals surface area (Å²) in [5.74, 6) is -0.938. The first kappa shape index (κ1) is 18.9. The average Bonchev–Trinajstić information content (AvgIpc) is 2.51. The lowest BCUT2D eigenvalue weighted by Gasteiger charge is -2.11. The third-order valence-corrected chi connectivity index (χ3v) is 4.94. The number of carbonyl (C=O) groups is 2. The van der Waals surface area contributed by atoms with Crippen LogP contribution in [0.3, 0.4) is 0 Å². The molecule has 0 saturated carbocycles. The number of hydrogen-bond donors (Lipinski definition) is 0. The van der Waals surface area contributed by atoms with Crippen molar-refractivity contribution in [2.45, 2.75) is 25.7 Å². The number of Topliss-reactive ketones (excluding diaryl/α,β-unsaturated/α-hetero) is 1. The maximum atomic E-state index is 12.4. The van der Waals surface area contributed by atoms with E-state index in [9.17, 15) is 18.0 Å². The Morgan fingerprint density at radius 1 is 0.960 bits per heavy atom. The maximum absolute atomic E-state index is 12.4. The minimum Gasteiger partial charge on any atom is -0.454 e. The molecular weight excluding hydrogens is 340 g/mol. The van der Waals surface area contributed by atoms with Crippen molar-refractivity contribution in [3.8, 4) is 0 Å². The molecule has 0 aliphatic heterocycles. The lowest BCUT2D eigenvalue weighted by atomic mass is 9.97. The van der Waals surface area contributed by atoms with Crippen LogP contribution >= 0.6 is 0 Å². The summed E-state index contributed by atoms with van der Waals surface area (Å²) >= 11 is 0. The van der Waals surface area contributed by atoms with Crippen molar-refractivity contribution in [2.24, 2.45) is 0 Å². The molecule has 2 aromatic rings. The molecule has 5 nitrogen and oxygen atoms in total. The lowest BCUT2D eigenvalue weighted by molar-refractivity contribution is 0.0474. The van der Waals surface area contributed by atoms with Crippen molar-refractivity contribution >= 4 is 21.6 Å². The minimum atomic E-state index is -3.33. The molecule has 0 amide bonds. The van der Waals surface area contributed by atoms with Crippen molar-refractivity contribution in [2.75, 3.05) is 12.9 Å². The van der Waals surface area contributed by atoms with E-state index in [0.29, 0.717) is 5.56 Å². The third-order valence-electron chi connectivity index (χ3n) is 3.81. The van der Waals surface area contributed by atoms with Crippen molar-refractivity contribution in [1.29, 1.82) is 0 Å². The number of esters is 1. The maximum Gasteiger partial charge on any atom is 0.338 e. The van der Waals surface area contributed by atoms with Crippen LogP contribution in [0.4, 0.5) is 0 Å². The molecule has 0 spiro atoms. The van der Waals surface area contributed by atoms with Gasteiger partial charge in [-0.05, 0) is 56.2 Å². The Labute approximate surface area is 147 Å². The summed E-state index contributed by atoms with van der Waals surface area (Å²) in [6.07, 6.45) is 1.09. The largest absolute Gasteiger partial charge is 0.454 e. The van der Waals surface area contributed by atoms with E-state index in [2.05, 4.69) is 0 Å². The summed E-state index contributed by atoms with van der Waals surface area (Å²) in [6, 6.07) is 9.22. The minimum absolute atomic E-state index is 0.117. The van der Waals surface area contributed by atoms with Gasteiger partial charge in [-0.3, -0.25) is 4.79 Å². The molecule has 0 aromatic heterocycles. The number of rotatable bonds is 5. The first-order valence-corrected chi connectivity index (χ1v) is 9.57. The predicted molar refractivity (Wildman–Crippen MR) is 94.8 cm³/mol. The van der Waals surface area contributed by atoms with E-state index in [1.807, 2.05) is 32.9 Å². The number of hydrogen-bond acceptors (Lipinski definition) is 5. The molecule has 2 rings (SSSR count). The molecule has 0 aliphatic rings. The fourth-order valence-corrected chi connectivity index (χ4v) is 3.38. The van der Waals surface area contributed by atoms with E-state index in [0.717, 1.165) is 22.9 Å². The SMILES string of the molecule is Cc1cc(C)c(C(=O)COC(=O)c2ccc(S(C)(=O)=O)cc2)c(C)c1. The molecule has 0 aliphatic carbocycles. The number of sulfone groups is 1. The Hall–Kier alpha value is -2.47. The fraction of sp³-hybridized carbons (Fsp3) is 0.263. The van der Waals surface area contributed by atoms with Gasteiger partial charge in [0.2, 0.25) is 5.78 Å².